The SMILES string of the molecule is CS(=O)(=O)c1cccc([C@H](N)CO)c1. The summed E-state index contributed by atoms with van der Waals surface area (Å²) in [6.45, 7) is -0.201. The first-order valence-corrected chi connectivity index (χ1v) is 6.00. The van der Waals surface area contributed by atoms with Gasteiger partial charge < -0.3 is 10.8 Å². The predicted molar refractivity (Wildman–Crippen MR) is 53.6 cm³/mol. The lowest BCUT2D eigenvalue weighted by atomic mass is 10.1. The minimum Gasteiger partial charge on any atom is -0.394 e. The third-order valence-corrected chi connectivity index (χ3v) is 3.02. The van der Waals surface area contributed by atoms with Crippen molar-refractivity contribution in [2.45, 2.75) is 10.9 Å². The molecule has 0 aromatic heterocycles. The van der Waals surface area contributed by atoms with E-state index in [1.807, 2.05) is 0 Å². The highest BCUT2D eigenvalue weighted by atomic mass is 32.2. The van der Waals surface area contributed by atoms with Gasteiger partial charge in [-0.3, -0.25) is 0 Å². The predicted octanol–water partition coefficient (Wildman–Crippen LogP) is 0.0822. The summed E-state index contributed by atoms with van der Waals surface area (Å²) in [4.78, 5) is 0.221. The van der Waals surface area contributed by atoms with Gasteiger partial charge in [0.2, 0.25) is 0 Å². The molecule has 0 saturated heterocycles. The Labute approximate surface area is 83.3 Å². The molecule has 0 heterocycles. The first-order valence-electron chi connectivity index (χ1n) is 4.11. The molecule has 4 nitrogen and oxygen atoms in total. The summed E-state index contributed by atoms with van der Waals surface area (Å²) in [5, 5.41) is 8.81. The van der Waals surface area contributed by atoms with Crippen LogP contribution in [0.5, 0.6) is 0 Å². The zero-order chi connectivity index (χ0) is 10.8. The molecular formula is C9H13NO3S. The van der Waals surface area contributed by atoms with Gasteiger partial charge in [-0.2, -0.15) is 0 Å². The van der Waals surface area contributed by atoms with Gasteiger partial charge in [0.1, 0.15) is 0 Å². The Kier molecular flexibility index (Phi) is 3.25. The van der Waals surface area contributed by atoms with Gasteiger partial charge in [-0.05, 0) is 17.7 Å². The van der Waals surface area contributed by atoms with Gasteiger partial charge in [0.05, 0.1) is 17.5 Å². The van der Waals surface area contributed by atoms with Gasteiger partial charge in [0, 0.05) is 6.26 Å². The molecule has 3 N–H and O–H groups in total. The number of benzene rings is 1. The number of aliphatic hydroxyl groups is 1. The Morgan fingerprint density at radius 3 is 2.64 bits per heavy atom. The molecule has 1 aromatic rings. The maximum Gasteiger partial charge on any atom is 0.175 e. The van der Waals surface area contributed by atoms with E-state index in [0.29, 0.717) is 5.56 Å². The van der Waals surface area contributed by atoms with E-state index >= 15 is 0 Å². The smallest absolute Gasteiger partial charge is 0.175 e. The van der Waals surface area contributed by atoms with Crippen LogP contribution in [-0.2, 0) is 9.84 Å². The molecule has 0 aliphatic carbocycles. The van der Waals surface area contributed by atoms with Gasteiger partial charge in [-0.25, -0.2) is 8.42 Å². The van der Waals surface area contributed by atoms with Crippen molar-refractivity contribution in [2.24, 2.45) is 5.73 Å². The molecule has 0 fully saturated rings. The number of rotatable bonds is 3. The lowest BCUT2D eigenvalue weighted by Gasteiger charge is -2.09. The molecule has 0 aliphatic heterocycles. The van der Waals surface area contributed by atoms with Crippen molar-refractivity contribution < 1.29 is 13.5 Å². The number of hydrogen-bond donors (Lipinski definition) is 2. The van der Waals surface area contributed by atoms with E-state index < -0.39 is 15.9 Å². The van der Waals surface area contributed by atoms with Gasteiger partial charge in [0.25, 0.3) is 0 Å². The summed E-state index contributed by atoms with van der Waals surface area (Å²) in [5.41, 5.74) is 6.18. The lowest BCUT2D eigenvalue weighted by Crippen LogP contribution is -2.14. The summed E-state index contributed by atoms with van der Waals surface area (Å²) < 4.78 is 22.4. The van der Waals surface area contributed by atoms with Gasteiger partial charge in [-0.15, -0.1) is 0 Å². The monoisotopic (exact) mass is 215 g/mol. The summed E-state index contributed by atoms with van der Waals surface area (Å²) in [5.74, 6) is 0. The highest BCUT2D eigenvalue weighted by Gasteiger charge is 2.10. The third-order valence-electron chi connectivity index (χ3n) is 1.91. The van der Waals surface area contributed by atoms with E-state index in [0.717, 1.165) is 6.26 Å². The van der Waals surface area contributed by atoms with E-state index in [-0.39, 0.29) is 11.5 Å². The topological polar surface area (TPSA) is 80.4 Å². The van der Waals surface area contributed by atoms with Crippen molar-refractivity contribution in [3.05, 3.63) is 29.8 Å². The van der Waals surface area contributed by atoms with Gasteiger partial charge in [0.15, 0.2) is 9.84 Å². The van der Waals surface area contributed by atoms with Crippen molar-refractivity contribution in [2.75, 3.05) is 12.9 Å². The van der Waals surface area contributed by atoms with Crippen LogP contribution in [0.1, 0.15) is 11.6 Å². The van der Waals surface area contributed by atoms with E-state index in [2.05, 4.69) is 0 Å². The van der Waals surface area contributed by atoms with Crippen LogP contribution in [0.3, 0.4) is 0 Å². The molecule has 0 amide bonds. The maximum atomic E-state index is 11.2. The van der Waals surface area contributed by atoms with Crippen molar-refractivity contribution in [1.29, 1.82) is 0 Å². The molecule has 5 heteroatoms. The first kappa shape index (κ1) is 11.2. The second-order valence-corrected chi connectivity index (χ2v) is 5.15. The maximum absolute atomic E-state index is 11.2. The largest absolute Gasteiger partial charge is 0.394 e. The zero-order valence-corrected chi connectivity index (χ0v) is 8.66. The Balaban J connectivity index is 3.14. The summed E-state index contributed by atoms with van der Waals surface area (Å²) >= 11 is 0. The quantitative estimate of drug-likeness (QED) is 0.748. The Morgan fingerprint density at radius 2 is 2.14 bits per heavy atom. The zero-order valence-electron chi connectivity index (χ0n) is 7.84. The minimum absolute atomic E-state index is 0.201. The van der Waals surface area contributed by atoms with Gasteiger partial charge >= 0.3 is 0 Å². The molecule has 0 radical (unpaired) electrons. The molecule has 0 aliphatic rings. The molecule has 1 aromatic carbocycles. The Bertz CT molecular complexity index is 414. The van der Waals surface area contributed by atoms with Crippen LogP contribution in [0.2, 0.25) is 0 Å². The number of sulfone groups is 1. The Hall–Kier alpha value is -0.910. The average Bonchev–Trinajstić information content (AvgIpc) is 2.15. The van der Waals surface area contributed by atoms with Crippen LogP contribution in [-0.4, -0.2) is 26.4 Å². The molecule has 78 valence electrons. The second kappa shape index (κ2) is 4.08. The lowest BCUT2D eigenvalue weighted by molar-refractivity contribution is 0.268. The molecule has 14 heavy (non-hydrogen) atoms. The molecular weight excluding hydrogens is 202 g/mol. The van der Waals surface area contributed by atoms with Crippen LogP contribution in [0.25, 0.3) is 0 Å². The second-order valence-electron chi connectivity index (χ2n) is 3.13. The highest BCUT2D eigenvalue weighted by Crippen LogP contribution is 2.15. The molecule has 0 unspecified atom stereocenters. The minimum atomic E-state index is -3.20. The number of aliphatic hydroxyl groups excluding tert-OH is 1. The van der Waals surface area contributed by atoms with Crippen molar-refractivity contribution in [3.63, 3.8) is 0 Å². The summed E-state index contributed by atoms with van der Waals surface area (Å²) in [6.07, 6.45) is 1.14. The van der Waals surface area contributed by atoms with Crippen LogP contribution in [0.15, 0.2) is 29.2 Å². The van der Waals surface area contributed by atoms with Crippen LogP contribution >= 0.6 is 0 Å². The fourth-order valence-corrected chi connectivity index (χ4v) is 1.76. The summed E-state index contributed by atoms with van der Waals surface area (Å²) in [7, 11) is -3.20. The first-order chi connectivity index (χ1) is 6.45. The standard InChI is InChI=1S/C9H13NO3S/c1-14(12,13)8-4-2-3-7(5-8)9(10)6-11/h2-5,9,11H,6,10H2,1H3/t9-/m1/s1. The van der Waals surface area contributed by atoms with Crippen molar-refractivity contribution in [1.82, 2.24) is 0 Å². The third kappa shape index (κ3) is 2.54. The number of nitrogens with two attached hydrogens (primary N) is 1. The fraction of sp³-hybridized carbons (Fsp3) is 0.333. The number of hydrogen-bond acceptors (Lipinski definition) is 4. The van der Waals surface area contributed by atoms with E-state index in [1.54, 1.807) is 12.1 Å². The fourth-order valence-electron chi connectivity index (χ4n) is 1.08. The van der Waals surface area contributed by atoms with Crippen LogP contribution < -0.4 is 5.73 Å². The molecule has 1 rings (SSSR count). The van der Waals surface area contributed by atoms with Crippen molar-refractivity contribution in [3.8, 4) is 0 Å². The average molecular weight is 215 g/mol. The molecule has 0 bridgehead atoms. The van der Waals surface area contributed by atoms with E-state index in [1.165, 1.54) is 12.1 Å². The van der Waals surface area contributed by atoms with Crippen molar-refractivity contribution >= 4 is 9.84 Å². The molecule has 0 spiro atoms. The van der Waals surface area contributed by atoms with Crippen LogP contribution in [0, 0.1) is 0 Å². The Morgan fingerprint density at radius 1 is 1.50 bits per heavy atom. The van der Waals surface area contributed by atoms with E-state index in [9.17, 15) is 8.42 Å². The molecule has 0 saturated carbocycles. The normalized spacial score (nSPS) is 13.9. The molecule has 1 atom stereocenters. The highest BCUT2D eigenvalue weighted by molar-refractivity contribution is 7.90. The van der Waals surface area contributed by atoms with E-state index in [4.69, 9.17) is 10.8 Å². The van der Waals surface area contributed by atoms with Gasteiger partial charge in [-0.1, -0.05) is 12.1 Å². The van der Waals surface area contributed by atoms with Crippen LogP contribution in [0.4, 0.5) is 0 Å². The summed E-state index contributed by atoms with van der Waals surface area (Å²) in [6, 6.07) is 5.76.